The van der Waals surface area contributed by atoms with Crippen LogP contribution in [-0.2, 0) is 11.3 Å². The van der Waals surface area contributed by atoms with Gasteiger partial charge in [-0.25, -0.2) is 9.18 Å². The molecule has 1 saturated heterocycles. The van der Waals surface area contributed by atoms with E-state index in [1.807, 2.05) is 0 Å². The first-order chi connectivity index (χ1) is 13.1. The van der Waals surface area contributed by atoms with Crippen LogP contribution in [0.2, 0.25) is 0 Å². The number of amides is 3. The molecular formula is C20H22FN3O3. The van der Waals surface area contributed by atoms with Gasteiger partial charge in [-0.2, -0.15) is 0 Å². The number of fused-ring (bicyclic) bond motifs is 1. The third-order valence-electron chi connectivity index (χ3n) is 5.34. The highest BCUT2D eigenvalue weighted by molar-refractivity contribution is 5.86. The van der Waals surface area contributed by atoms with Crippen LogP contribution in [0.1, 0.15) is 31.2 Å². The second-order valence-electron chi connectivity index (χ2n) is 7.10. The van der Waals surface area contributed by atoms with Crippen LogP contribution in [-0.4, -0.2) is 35.5 Å². The smallest absolute Gasteiger partial charge is 0.318 e. The van der Waals surface area contributed by atoms with Gasteiger partial charge in [-0.1, -0.05) is 25.0 Å². The van der Waals surface area contributed by atoms with Crippen molar-refractivity contribution in [3.63, 3.8) is 0 Å². The van der Waals surface area contributed by atoms with Crippen molar-refractivity contribution in [1.29, 1.82) is 0 Å². The molecule has 2 fully saturated rings. The molecule has 2 heterocycles. The summed E-state index contributed by atoms with van der Waals surface area (Å²) in [4.78, 5) is 26.1. The number of nitrogens with one attached hydrogen (secondary N) is 2. The van der Waals surface area contributed by atoms with Crippen molar-refractivity contribution in [1.82, 2.24) is 15.5 Å². The third-order valence-corrected chi connectivity index (χ3v) is 5.34. The standard InChI is InChI=1S/C20H22FN3O3/c21-15-10-13(18-6-3-9-27-18)7-8-14(15)11-22-20(26)24-12-19(25)23-16-4-1-2-5-17(16)24/h3,6-10,16-17H,1-2,4-5,11-12H2,(H,22,26)(H,23,25). The number of piperazine rings is 1. The number of carbonyl (C=O) groups excluding carboxylic acids is 2. The highest BCUT2D eigenvalue weighted by Crippen LogP contribution is 2.26. The van der Waals surface area contributed by atoms with Crippen LogP contribution < -0.4 is 10.6 Å². The largest absolute Gasteiger partial charge is 0.464 e. The SMILES string of the molecule is O=C1CN(C(=O)NCc2ccc(-c3ccco3)cc2F)C2CCCCC2N1. The van der Waals surface area contributed by atoms with Crippen LogP contribution >= 0.6 is 0 Å². The van der Waals surface area contributed by atoms with E-state index in [9.17, 15) is 14.0 Å². The Labute approximate surface area is 156 Å². The first-order valence-corrected chi connectivity index (χ1v) is 9.28. The average Bonchev–Trinajstić information content (AvgIpc) is 3.21. The normalized spacial score (nSPS) is 22.1. The molecule has 1 aliphatic heterocycles. The maximum Gasteiger partial charge on any atom is 0.318 e. The maximum atomic E-state index is 14.4. The number of urea groups is 1. The number of nitrogens with zero attached hydrogens (tertiary/aromatic N) is 1. The molecule has 4 rings (SSSR count). The topological polar surface area (TPSA) is 74.6 Å². The third kappa shape index (κ3) is 3.67. The fourth-order valence-corrected chi connectivity index (χ4v) is 3.96. The fraction of sp³-hybridized carbons (Fsp3) is 0.400. The second-order valence-corrected chi connectivity index (χ2v) is 7.10. The lowest BCUT2D eigenvalue weighted by molar-refractivity contribution is -0.126. The van der Waals surface area contributed by atoms with Crippen molar-refractivity contribution in [2.24, 2.45) is 0 Å². The molecule has 1 aliphatic carbocycles. The van der Waals surface area contributed by atoms with Crippen molar-refractivity contribution in [2.45, 2.75) is 44.3 Å². The lowest BCUT2D eigenvalue weighted by Crippen LogP contribution is -2.64. The highest BCUT2D eigenvalue weighted by atomic mass is 19.1. The Morgan fingerprint density at radius 1 is 1.30 bits per heavy atom. The van der Waals surface area contributed by atoms with Crippen molar-refractivity contribution >= 4 is 11.9 Å². The van der Waals surface area contributed by atoms with Gasteiger partial charge in [0.05, 0.1) is 12.3 Å². The quantitative estimate of drug-likeness (QED) is 0.871. The summed E-state index contributed by atoms with van der Waals surface area (Å²) in [5.41, 5.74) is 1.03. The van der Waals surface area contributed by atoms with Crippen LogP contribution in [0, 0.1) is 5.82 Å². The van der Waals surface area contributed by atoms with E-state index in [1.165, 1.54) is 12.3 Å². The van der Waals surface area contributed by atoms with E-state index in [0.717, 1.165) is 25.7 Å². The summed E-state index contributed by atoms with van der Waals surface area (Å²) in [6.07, 6.45) is 5.41. The first-order valence-electron chi connectivity index (χ1n) is 9.28. The summed E-state index contributed by atoms with van der Waals surface area (Å²) >= 11 is 0. The van der Waals surface area contributed by atoms with Crippen LogP contribution in [0.5, 0.6) is 0 Å². The van der Waals surface area contributed by atoms with Crippen LogP contribution in [0.15, 0.2) is 41.0 Å². The Kier molecular flexibility index (Phi) is 4.83. The average molecular weight is 371 g/mol. The molecule has 2 aliphatic rings. The van der Waals surface area contributed by atoms with E-state index < -0.39 is 5.82 Å². The Hall–Kier alpha value is -2.83. The van der Waals surface area contributed by atoms with E-state index in [-0.39, 0.29) is 37.1 Å². The molecule has 0 radical (unpaired) electrons. The van der Waals surface area contributed by atoms with Crippen molar-refractivity contribution < 1.29 is 18.4 Å². The number of hydrogen-bond acceptors (Lipinski definition) is 3. The van der Waals surface area contributed by atoms with Gasteiger partial charge in [0.2, 0.25) is 5.91 Å². The maximum absolute atomic E-state index is 14.4. The first kappa shape index (κ1) is 17.6. The summed E-state index contributed by atoms with van der Waals surface area (Å²) < 4.78 is 19.7. The number of rotatable bonds is 3. The summed E-state index contributed by atoms with van der Waals surface area (Å²) in [5, 5.41) is 5.74. The van der Waals surface area contributed by atoms with E-state index in [1.54, 1.807) is 29.2 Å². The number of benzene rings is 1. The molecule has 0 bridgehead atoms. The van der Waals surface area contributed by atoms with Crippen LogP contribution in [0.25, 0.3) is 11.3 Å². The molecule has 2 N–H and O–H groups in total. The molecule has 1 saturated carbocycles. The Morgan fingerprint density at radius 3 is 2.93 bits per heavy atom. The molecule has 142 valence electrons. The number of hydrogen-bond donors (Lipinski definition) is 2. The zero-order chi connectivity index (χ0) is 18.8. The van der Waals surface area contributed by atoms with Gasteiger partial charge in [0, 0.05) is 23.7 Å². The molecule has 2 unspecified atom stereocenters. The van der Waals surface area contributed by atoms with E-state index in [4.69, 9.17) is 4.42 Å². The van der Waals surface area contributed by atoms with Gasteiger partial charge in [0.25, 0.3) is 0 Å². The Balaban J connectivity index is 1.42. The number of carbonyl (C=O) groups is 2. The summed E-state index contributed by atoms with van der Waals surface area (Å²) in [6, 6.07) is 8.02. The van der Waals surface area contributed by atoms with Crippen molar-refractivity contribution in [3.05, 3.63) is 48.0 Å². The summed E-state index contributed by atoms with van der Waals surface area (Å²) in [7, 11) is 0. The molecular weight excluding hydrogens is 349 g/mol. The van der Waals surface area contributed by atoms with Gasteiger partial charge in [-0.3, -0.25) is 4.79 Å². The van der Waals surface area contributed by atoms with Crippen LogP contribution in [0.4, 0.5) is 9.18 Å². The van der Waals surface area contributed by atoms with E-state index in [2.05, 4.69) is 10.6 Å². The molecule has 27 heavy (non-hydrogen) atoms. The van der Waals surface area contributed by atoms with Gasteiger partial charge in [-0.15, -0.1) is 0 Å². The van der Waals surface area contributed by atoms with Gasteiger partial charge in [-0.05, 0) is 31.0 Å². The number of halogens is 1. The van der Waals surface area contributed by atoms with Gasteiger partial charge >= 0.3 is 6.03 Å². The van der Waals surface area contributed by atoms with Gasteiger partial charge < -0.3 is 20.0 Å². The summed E-state index contributed by atoms with van der Waals surface area (Å²) in [6.45, 7) is 0.117. The molecule has 3 amide bonds. The van der Waals surface area contributed by atoms with Gasteiger partial charge in [0.15, 0.2) is 0 Å². The fourth-order valence-electron chi connectivity index (χ4n) is 3.96. The lowest BCUT2D eigenvalue weighted by Gasteiger charge is -2.43. The molecule has 1 aromatic carbocycles. The monoisotopic (exact) mass is 371 g/mol. The molecule has 7 heteroatoms. The predicted molar refractivity (Wildman–Crippen MR) is 97.2 cm³/mol. The molecule has 0 spiro atoms. The molecule has 2 aromatic rings. The highest BCUT2D eigenvalue weighted by Gasteiger charge is 2.38. The van der Waals surface area contributed by atoms with E-state index >= 15 is 0 Å². The minimum absolute atomic E-state index is 0.0163. The van der Waals surface area contributed by atoms with Crippen molar-refractivity contribution in [3.8, 4) is 11.3 Å². The van der Waals surface area contributed by atoms with E-state index in [0.29, 0.717) is 16.9 Å². The summed E-state index contributed by atoms with van der Waals surface area (Å²) in [5.74, 6) is 0.0468. The van der Waals surface area contributed by atoms with Crippen molar-refractivity contribution in [2.75, 3.05) is 6.54 Å². The molecule has 6 nitrogen and oxygen atoms in total. The minimum atomic E-state index is -0.406. The van der Waals surface area contributed by atoms with Crippen LogP contribution in [0.3, 0.4) is 0 Å². The molecule has 1 aromatic heterocycles. The Bertz CT molecular complexity index is 837. The predicted octanol–water partition coefficient (Wildman–Crippen LogP) is 3.04. The van der Waals surface area contributed by atoms with Gasteiger partial charge in [0.1, 0.15) is 18.1 Å². The zero-order valence-corrected chi connectivity index (χ0v) is 14.9. The zero-order valence-electron chi connectivity index (χ0n) is 14.9. The minimum Gasteiger partial charge on any atom is -0.464 e. The number of furan rings is 1. The Morgan fingerprint density at radius 2 is 2.15 bits per heavy atom. The molecule has 2 atom stereocenters. The second kappa shape index (κ2) is 7.42. The lowest BCUT2D eigenvalue weighted by atomic mass is 9.87.